The molecule has 0 bridgehead atoms. The van der Waals surface area contributed by atoms with Gasteiger partial charge in [0.05, 0.1) is 10.0 Å². The number of fused-ring (bicyclic) bond motifs is 1. The van der Waals surface area contributed by atoms with Crippen LogP contribution < -0.4 is 5.32 Å². The normalized spacial score (nSPS) is 17.1. The third-order valence-corrected chi connectivity index (χ3v) is 5.67. The van der Waals surface area contributed by atoms with Gasteiger partial charge in [-0.2, -0.15) is 0 Å². The van der Waals surface area contributed by atoms with E-state index in [-0.39, 0.29) is 0 Å². The summed E-state index contributed by atoms with van der Waals surface area (Å²) >= 11 is 9.04. The molecule has 0 spiro atoms. The second-order valence-electron chi connectivity index (χ2n) is 4.64. The van der Waals surface area contributed by atoms with Gasteiger partial charge in [0.25, 0.3) is 0 Å². The monoisotopic (exact) mass is 328 g/mol. The number of thiophene rings is 1. The first-order valence-electron chi connectivity index (χ1n) is 6.34. The van der Waals surface area contributed by atoms with Crippen LogP contribution in [0.15, 0.2) is 12.1 Å². The fourth-order valence-corrected chi connectivity index (χ4v) is 4.47. The lowest BCUT2D eigenvalue weighted by Crippen LogP contribution is -2.09. The number of aliphatic carboxylic acids is 1. The van der Waals surface area contributed by atoms with E-state index < -0.39 is 11.9 Å². The van der Waals surface area contributed by atoms with Crippen LogP contribution >= 0.6 is 34.3 Å². The summed E-state index contributed by atoms with van der Waals surface area (Å²) in [4.78, 5) is 17.9. The predicted octanol–water partition coefficient (Wildman–Crippen LogP) is 3.63. The van der Waals surface area contributed by atoms with E-state index in [0.717, 1.165) is 39.4 Å². The molecule has 3 rings (SSSR count). The van der Waals surface area contributed by atoms with Crippen molar-refractivity contribution in [2.75, 3.05) is 11.9 Å². The molecule has 7 heteroatoms. The quantitative estimate of drug-likeness (QED) is 0.879. The smallest absolute Gasteiger partial charge is 0.312 e. The molecule has 0 saturated carbocycles. The van der Waals surface area contributed by atoms with E-state index in [0.29, 0.717) is 6.42 Å². The number of thiazole rings is 1. The zero-order valence-electron chi connectivity index (χ0n) is 10.6. The van der Waals surface area contributed by atoms with Gasteiger partial charge < -0.3 is 10.4 Å². The number of carboxylic acid groups (broad SMARTS) is 1. The molecule has 20 heavy (non-hydrogen) atoms. The Labute approximate surface area is 129 Å². The Bertz CT molecular complexity index is 638. The number of anilines is 1. The summed E-state index contributed by atoms with van der Waals surface area (Å²) < 4.78 is 0.803. The van der Waals surface area contributed by atoms with Gasteiger partial charge in [0, 0.05) is 16.3 Å². The maximum Gasteiger partial charge on any atom is 0.312 e. The Morgan fingerprint density at radius 3 is 3.05 bits per heavy atom. The molecule has 2 heterocycles. The molecule has 0 amide bonds. The number of nitrogens with one attached hydrogen (secondary N) is 1. The molecule has 0 fully saturated rings. The zero-order chi connectivity index (χ0) is 14.1. The lowest BCUT2D eigenvalue weighted by atomic mass is 10.1. The van der Waals surface area contributed by atoms with Crippen molar-refractivity contribution in [2.24, 2.45) is 0 Å². The van der Waals surface area contributed by atoms with Gasteiger partial charge in [0.1, 0.15) is 5.92 Å². The summed E-state index contributed by atoms with van der Waals surface area (Å²) in [6.07, 6.45) is 2.40. The van der Waals surface area contributed by atoms with E-state index in [1.165, 1.54) is 4.88 Å². The molecule has 0 radical (unpaired) electrons. The first-order chi connectivity index (χ1) is 9.63. The summed E-state index contributed by atoms with van der Waals surface area (Å²) in [5, 5.41) is 13.2. The van der Waals surface area contributed by atoms with Crippen LogP contribution in [0.25, 0.3) is 0 Å². The molecule has 0 aliphatic heterocycles. The van der Waals surface area contributed by atoms with Crippen molar-refractivity contribution in [1.82, 2.24) is 4.98 Å². The van der Waals surface area contributed by atoms with E-state index >= 15 is 0 Å². The van der Waals surface area contributed by atoms with Crippen molar-refractivity contribution in [1.29, 1.82) is 0 Å². The van der Waals surface area contributed by atoms with Gasteiger partial charge in [-0.25, -0.2) is 4.98 Å². The summed E-state index contributed by atoms with van der Waals surface area (Å²) in [5.74, 6) is -1.19. The molecule has 0 saturated heterocycles. The van der Waals surface area contributed by atoms with Gasteiger partial charge in [0.15, 0.2) is 5.13 Å². The molecule has 2 aromatic rings. The minimum Gasteiger partial charge on any atom is -0.481 e. The number of halogens is 1. The van der Waals surface area contributed by atoms with Crippen LogP contribution in [0.2, 0.25) is 4.34 Å². The van der Waals surface area contributed by atoms with E-state index in [4.69, 9.17) is 16.7 Å². The first kappa shape index (κ1) is 13.9. The van der Waals surface area contributed by atoms with Gasteiger partial charge in [-0.05, 0) is 31.4 Å². The Morgan fingerprint density at radius 2 is 2.35 bits per heavy atom. The van der Waals surface area contributed by atoms with Crippen LogP contribution in [0.4, 0.5) is 5.13 Å². The minimum absolute atomic E-state index is 0.423. The van der Waals surface area contributed by atoms with Crippen LogP contribution in [0, 0.1) is 0 Å². The van der Waals surface area contributed by atoms with Crippen LogP contribution in [-0.4, -0.2) is 22.6 Å². The van der Waals surface area contributed by atoms with Gasteiger partial charge >= 0.3 is 5.97 Å². The molecule has 106 valence electrons. The topological polar surface area (TPSA) is 62.2 Å². The minimum atomic E-state index is -0.770. The molecule has 0 aromatic carbocycles. The van der Waals surface area contributed by atoms with E-state index in [1.54, 1.807) is 22.7 Å². The molecule has 4 nitrogen and oxygen atoms in total. The SMILES string of the molecule is O=C(O)C1CCc2sc(NCCc3ccc(Cl)s3)nc21. The Morgan fingerprint density at radius 1 is 1.50 bits per heavy atom. The summed E-state index contributed by atoms with van der Waals surface area (Å²) in [6.45, 7) is 0.779. The number of carboxylic acids is 1. The molecule has 1 aliphatic carbocycles. The van der Waals surface area contributed by atoms with Crippen molar-refractivity contribution in [3.8, 4) is 0 Å². The van der Waals surface area contributed by atoms with Crippen LogP contribution in [0.3, 0.4) is 0 Å². The lowest BCUT2D eigenvalue weighted by molar-refractivity contribution is -0.138. The number of hydrogen-bond acceptors (Lipinski definition) is 5. The Hall–Kier alpha value is -1.11. The van der Waals surface area contributed by atoms with Crippen molar-refractivity contribution in [3.63, 3.8) is 0 Å². The highest BCUT2D eigenvalue weighted by molar-refractivity contribution is 7.16. The maximum absolute atomic E-state index is 11.1. The van der Waals surface area contributed by atoms with Gasteiger partial charge in [-0.1, -0.05) is 11.6 Å². The van der Waals surface area contributed by atoms with Crippen LogP contribution in [0.5, 0.6) is 0 Å². The van der Waals surface area contributed by atoms with Crippen LogP contribution in [-0.2, 0) is 17.6 Å². The molecule has 2 aromatic heterocycles. The summed E-state index contributed by atoms with van der Waals surface area (Å²) in [5.41, 5.74) is 0.754. The van der Waals surface area contributed by atoms with Crippen molar-refractivity contribution in [2.45, 2.75) is 25.2 Å². The largest absolute Gasteiger partial charge is 0.481 e. The fraction of sp³-hybridized carbons (Fsp3) is 0.385. The second-order valence-corrected chi connectivity index (χ2v) is 7.52. The number of nitrogens with zero attached hydrogens (tertiary/aromatic N) is 1. The van der Waals surface area contributed by atoms with Crippen LogP contribution in [0.1, 0.15) is 27.8 Å². The van der Waals surface area contributed by atoms with E-state index in [2.05, 4.69) is 10.3 Å². The van der Waals surface area contributed by atoms with E-state index in [1.807, 2.05) is 12.1 Å². The highest BCUT2D eigenvalue weighted by atomic mass is 35.5. The summed E-state index contributed by atoms with van der Waals surface area (Å²) in [6, 6.07) is 3.92. The zero-order valence-corrected chi connectivity index (χ0v) is 12.9. The highest BCUT2D eigenvalue weighted by Crippen LogP contribution is 2.38. The van der Waals surface area contributed by atoms with Gasteiger partial charge in [-0.15, -0.1) is 22.7 Å². The average molecular weight is 329 g/mol. The number of aryl methyl sites for hydroxylation is 1. The maximum atomic E-state index is 11.1. The molecular formula is C13H13ClN2O2S2. The summed E-state index contributed by atoms with van der Waals surface area (Å²) in [7, 11) is 0. The number of carbonyl (C=O) groups is 1. The average Bonchev–Trinajstić information content (AvgIpc) is 3.04. The van der Waals surface area contributed by atoms with Crippen molar-refractivity contribution in [3.05, 3.63) is 31.9 Å². The van der Waals surface area contributed by atoms with Gasteiger partial charge in [0.2, 0.25) is 0 Å². The Balaban J connectivity index is 1.59. The van der Waals surface area contributed by atoms with Gasteiger partial charge in [-0.3, -0.25) is 4.79 Å². The number of aromatic nitrogens is 1. The van der Waals surface area contributed by atoms with Crippen molar-refractivity contribution >= 4 is 45.4 Å². The fourth-order valence-electron chi connectivity index (χ4n) is 2.32. The second kappa shape index (κ2) is 5.71. The standard InChI is InChI=1S/C13H13ClN2O2S2/c14-10-4-1-7(19-10)5-6-15-13-16-11-8(12(17)18)2-3-9(11)20-13/h1,4,8H,2-3,5-6H2,(H,15,16)(H,17,18). The van der Waals surface area contributed by atoms with E-state index in [9.17, 15) is 4.79 Å². The first-order valence-corrected chi connectivity index (χ1v) is 8.35. The third-order valence-electron chi connectivity index (χ3n) is 3.29. The Kier molecular flexibility index (Phi) is 3.96. The predicted molar refractivity (Wildman–Crippen MR) is 82.3 cm³/mol. The lowest BCUT2D eigenvalue weighted by Gasteiger charge is -2.03. The molecule has 1 atom stereocenters. The number of hydrogen-bond donors (Lipinski definition) is 2. The molecule has 1 unspecified atom stereocenters. The number of rotatable bonds is 5. The van der Waals surface area contributed by atoms with Crippen molar-refractivity contribution < 1.29 is 9.90 Å². The highest BCUT2D eigenvalue weighted by Gasteiger charge is 2.32. The molecule has 2 N–H and O–H groups in total. The third kappa shape index (κ3) is 2.82. The molecule has 1 aliphatic rings. The molecular weight excluding hydrogens is 316 g/mol.